The monoisotopic (exact) mass is 194 g/mol. The van der Waals surface area contributed by atoms with E-state index in [1.165, 1.54) is 18.9 Å². The normalized spacial score (nSPS) is 31.9. The first-order valence-corrected chi connectivity index (χ1v) is 5.43. The minimum absolute atomic E-state index is 0.119. The SMILES string of the molecule is C=CC(=O)N1C2CCC1CN(CC)C2. The number of likely N-dealkylation sites (tertiary alicyclic amines) is 1. The molecule has 2 unspecified atom stereocenters. The molecule has 3 nitrogen and oxygen atoms in total. The van der Waals surface area contributed by atoms with E-state index in [0.29, 0.717) is 12.1 Å². The Labute approximate surface area is 85.4 Å². The van der Waals surface area contributed by atoms with Gasteiger partial charge >= 0.3 is 0 Å². The third kappa shape index (κ3) is 1.46. The number of carbonyl (C=O) groups excluding carboxylic acids is 1. The standard InChI is InChI=1S/C11H18N2O/c1-3-11(14)13-9-5-6-10(13)8-12(4-2)7-9/h3,9-10H,1,4-8H2,2H3. The van der Waals surface area contributed by atoms with Crippen molar-refractivity contribution in [1.29, 1.82) is 0 Å². The number of amides is 1. The van der Waals surface area contributed by atoms with E-state index in [4.69, 9.17) is 0 Å². The van der Waals surface area contributed by atoms with Gasteiger partial charge < -0.3 is 4.90 Å². The molecule has 2 saturated heterocycles. The summed E-state index contributed by atoms with van der Waals surface area (Å²) in [6, 6.07) is 0.887. The maximum absolute atomic E-state index is 11.6. The molecule has 1 amide bonds. The first-order chi connectivity index (χ1) is 6.76. The van der Waals surface area contributed by atoms with Gasteiger partial charge in [-0.2, -0.15) is 0 Å². The second kappa shape index (κ2) is 3.73. The van der Waals surface area contributed by atoms with E-state index < -0.39 is 0 Å². The Morgan fingerprint density at radius 1 is 1.43 bits per heavy atom. The fourth-order valence-corrected chi connectivity index (χ4v) is 2.71. The summed E-state index contributed by atoms with van der Waals surface area (Å²) in [7, 11) is 0. The van der Waals surface area contributed by atoms with Gasteiger partial charge in [0.05, 0.1) is 0 Å². The third-order valence-electron chi connectivity index (χ3n) is 3.43. The summed E-state index contributed by atoms with van der Waals surface area (Å²) in [5, 5.41) is 0. The topological polar surface area (TPSA) is 23.6 Å². The molecular formula is C11H18N2O. The van der Waals surface area contributed by atoms with Crippen LogP contribution in [0, 0.1) is 0 Å². The summed E-state index contributed by atoms with van der Waals surface area (Å²) >= 11 is 0. The van der Waals surface area contributed by atoms with Crippen LogP contribution in [0.2, 0.25) is 0 Å². The summed E-state index contributed by atoms with van der Waals surface area (Å²) in [5.74, 6) is 0.119. The molecule has 0 aromatic rings. The van der Waals surface area contributed by atoms with Crippen LogP contribution in [0.1, 0.15) is 19.8 Å². The van der Waals surface area contributed by atoms with Crippen LogP contribution in [-0.4, -0.2) is 47.4 Å². The van der Waals surface area contributed by atoms with E-state index in [-0.39, 0.29) is 5.91 Å². The molecule has 14 heavy (non-hydrogen) atoms. The summed E-state index contributed by atoms with van der Waals surface area (Å²) in [5.41, 5.74) is 0. The van der Waals surface area contributed by atoms with Crippen LogP contribution >= 0.6 is 0 Å². The molecule has 2 aliphatic rings. The highest BCUT2D eigenvalue weighted by molar-refractivity contribution is 5.87. The van der Waals surface area contributed by atoms with Crippen molar-refractivity contribution >= 4 is 5.91 Å². The number of rotatable bonds is 2. The molecule has 0 spiro atoms. The zero-order valence-electron chi connectivity index (χ0n) is 8.78. The second-order valence-corrected chi connectivity index (χ2v) is 4.19. The molecule has 78 valence electrons. The molecule has 0 radical (unpaired) electrons. The van der Waals surface area contributed by atoms with Gasteiger partial charge in [-0.3, -0.25) is 9.69 Å². The number of carbonyl (C=O) groups is 1. The quantitative estimate of drug-likeness (QED) is 0.609. The molecule has 0 aromatic carbocycles. The van der Waals surface area contributed by atoms with Gasteiger partial charge in [0.2, 0.25) is 5.91 Å². The van der Waals surface area contributed by atoms with Gasteiger partial charge in [-0.15, -0.1) is 0 Å². The number of likely N-dealkylation sites (N-methyl/N-ethyl adjacent to an activating group) is 1. The van der Waals surface area contributed by atoms with Crippen LogP contribution < -0.4 is 0 Å². The largest absolute Gasteiger partial charge is 0.331 e. The van der Waals surface area contributed by atoms with Crippen LogP contribution in [0.4, 0.5) is 0 Å². The molecule has 0 saturated carbocycles. The Balaban J connectivity index is 2.10. The molecule has 0 aromatic heterocycles. The first-order valence-electron chi connectivity index (χ1n) is 5.43. The lowest BCUT2D eigenvalue weighted by atomic mass is 10.2. The molecule has 3 heteroatoms. The van der Waals surface area contributed by atoms with E-state index in [1.54, 1.807) is 0 Å². The van der Waals surface area contributed by atoms with Crippen molar-refractivity contribution in [3.05, 3.63) is 12.7 Å². The average molecular weight is 194 g/mol. The number of nitrogens with zero attached hydrogens (tertiary/aromatic N) is 2. The predicted octanol–water partition coefficient (Wildman–Crippen LogP) is 0.867. The average Bonchev–Trinajstić information content (AvgIpc) is 2.48. The van der Waals surface area contributed by atoms with E-state index in [2.05, 4.69) is 18.4 Å². The molecule has 2 aliphatic heterocycles. The number of piperazine rings is 1. The molecule has 2 bridgehead atoms. The summed E-state index contributed by atoms with van der Waals surface area (Å²) in [6.45, 7) is 8.95. The van der Waals surface area contributed by atoms with Crippen LogP contribution in [-0.2, 0) is 4.79 Å². The Morgan fingerprint density at radius 3 is 2.43 bits per heavy atom. The number of hydrogen-bond acceptors (Lipinski definition) is 2. The van der Waals surface area contributed by atoms with Gasteiger partial charge in [0.15, 0.2) is 0 Å². The fourth-order valence-electron chi connectivity index (χ4n) is 2.71. The molecule has 0 N–H and O–H groups in total. The third-order valence-corrected chi connectivity index (χ3v) is 3.43. The summed E-state index contributed by atoms with van der Waals surface area (Å²) in [6.07, 6.45) is 3.79. The van der Waals surface area contributed by atoms with Crippen molar-refractivity contribution in [1.82, 2.24) is 9.80 Å². The zero-order chi connectivity index (χ0) is 10.1. The Morgan fingerprint density at radius 2 is 2.00 bits per heavy atom. The molecule has 2 rings (SSSR count). The molecule has 2 heterocycles. The summed E-state index contributed by atoms with van der Waals surface area (Å²) < 4.78 is 0. The van der Waals surface area contributed by atoms with Gasteiger partial charge in [-0.1, -0.05) is 13.5 Å². The maximum Gasteiger partial charge on any atom is 0.246 e. The molecular weight excluding hydrogens is 176 g/mol. The molecule has 2 fully saturated rings. The van der Waals surface area contributed by atoms with E-state index in [1.807, 2.05) is 4.90 Å². The van der Waals surface area contributed by atoms with Gasteiger partial charge in [-0.05, 0) is 25.5 Å². The first kappa shape index (κ1) is 9.71. The predicted molar refractivity (Wildman–Crippen MR) is 56.0 cm³/mol. The lowest BCUT2D eigenvalue weighted by Gasteiger charge is -2.40. The second-order valence-electron chi connectivity index (χ2n) is 4.19. The van der Waals surface area contributed by atoms with Crippen molar-refractivity contribution in [2.45, 2.75) is 31.8 Å². The minimum Gasteiger partial charge on any atom is -0.331 e. The van der Waals surface area contributed by atoms with Gasteiger partial charge in [0.1, 0.15) is 0 Å². The Bertz CT molecular complexity index is 238. The zero-order valence-corrected chi connectivity index (χ0v) is 8.78. The van der Waals surface area contributed by atoms with Crippen LogP contribution in [0.25, 0.3) is 0 Å². The number of fused-ring (bicyclic) bond motifs is 2. The Hall–Kier alpha value is -0.830. The van der Waals surface area contributed by atoms with Crippen molar-refractivity contribution in [3.8, 4) is 0 Å². The van der Waals surface area contributed by atoms with Gasteiger partial charge in [-0.25, -0.2) is 0 Å². The minimum atomic E-state index is 0.119. The van der Waals surface area contributed by atoms with Crippen molar-refractivity contribution in [2.75, 3.05) is 19.6 Å². The highest BCUT2D eigenvalue weighted by Crippen LogP contribution is 2.29. The lowest BCUT2D eigenvalue weighted by molar-refractivity contribution is -0.131. The molecule has 2 atom stereocenters. The van der Waals surface area contributed by atoms with Crippen molar-refractivity contribution < 1.29 is 4.79 Å². The van der Waals surface area contributed by atoms with E-state index in [0.717, 1.165) is 19.6 Å². The van der Waals surface area contributed by atoms with Crippen LogP contribution in [0.15, 0.2) is 12.7 Å². The van der Waals surface area contributed by atoms with Gasteiger partial charge in [0.25, 0.3) is 0 Å². The highest BCUT2D eigenvalue weighted by atomic mass is 16.2. The highest BCUT2D eigenvalue weighted by Gasteiger charge is 2.40. The fraction of sp³-hybridized carbons (Fsp3) is 0.727. The summed E-state index contributed by atoms with van der Waals surface area (Å²) in [4.78, 5) is 16.1. The van der Waals surface area contributed by atoms with E-state index >= 15 is 0 Å². The van der Waals surface area contributed by atoms with Crippen molar-refractivity contribution in [3.63, 3.8) is 0 Å². The maximum atomic E-state index is 11.6. The van der Waals surface area contributed by atoms with Gasteiger partial charge in [0, 0.05) is 25.2 Å². The van der Waals surface area contributed by atoms with Crippen molar-refractivity contribution in [2.24, 2.45) is 0 Å². The van der Waals surface area contributed by atoms with E-state index in [9.17, 15) is 4.79 Å². The molecule has 0 aliphatic carbocycles. The Kier molecular flexibility index (Phi) is 2.59. The van der Waals surface area contributed by atoms with Crippen LogP contribution in [0.3, 0.4) is 0 Å². The smallest absolute Gasteiger partial charge is 0.246 e. The number of hydrogen-bond donors (Lipinski definition) is 0. The van der Waals surface area contributed by atoms with Crippen LogP contribution in [0.5, 0.6) is 0 Å². The lowest BCUT2D eigenvalue weighted by Crippen LogP contribution is -2.55.